The number of nitrogens with zero attached hydrogens (tertiary/aromatic N) is 1. The van der Waals surface area contributed by atoms with Gasteiger partial charge in [0.2, 0.25) is 5.91 Å². The number of Topliss-reactive ketones (excluding diaryl/α,β-unsaturated/α-hetero) is 1. The number of rotatable bonds is 7. The summed E-state index contributed by atoms with van der Waals surface area (Å²) in [4.78, 5) is 28.3. The fourth-order valence-electron chi connectivity index (χ4n) is 2.21. The van der Waals surface area contributed by atoms with Gasteiger partial charge in [-0.3, -0.25) is 9.59 Å². The van der Waals surface area contributed by atoms with Gasteiger partial charge >= 0.3 is 0 Å². The van der Waals surface area contributed by atoms with E-state index in [1.165, 1.54) is 6.92 Å². The number of carbonyl (C=O) groups is 2. The Morgan fingerprint density at radius 3 is 2.62 bits per heavy atom. The number of nitrogens with one attached hydrogen (secondary N) is 1. The minimum Gasteiger partial charge on any atom is -0.325 e. The molecule has 0 bridgehead atoms. The number of hydrogen-bond donors (Lipinski definition) is 1. The lowest BCUT2D eigenvalue weighted by Crippen LogP contribution is -2.22. The minimum absolute atomic E-state index is 0.0110. The quantitative estimate of drug-likeness (QED) is 0.542. The summed E-state index contributed by atoms with van der Waals surface area (Å²) in [6.07, 6.45) is 0. The summed E-state index contributed by atoms with van der Waals surface area (Å²) in [6, 6.07) is 9.00. The maximum Gasteiger partial charge on any atom is 0.237 e. The lowest BCUT2D eigenvalue weighted by molar-refractivity contribution is -0.115. The van der Waals surface area contributed by atoms with Gasteiger partial charge < -0.3 is 5.32 Å². The van der Waals surface area contributed by atoms with Gasteiger partial charge in [-0.05, 0) is 49.6 Å². The van der Waals surface area contributed by atoms with Crippen LogP contribution in [0.1, 0.15) is 29.9 Å². The van der Waals surface area contributed by atoms with Crippen LogP contribution in [-0.4, -0.2) is 21.9 Å². The van der Waals surface area contributed by atoms with Gasteiger partial charge in [0.1, 0.15) is 5.01 Å². The van der Waals surface area contributed by atoms with Crippen molar-refractivity contribution in [2.75, 3.05) is 5.32 Å². The molecule has 0 fully saturated rings. The Balaban J connectivity index is 1.52. The topological polar surface area (TPSA) is 59.1 Å². The number of thioether (sulfide) groups is 1. The molecule has 0 saturated carbocycles. The molecule has 0 aliphatic heterocycles. The highest BCUT2D eigenvalue weighted by molar-refractivity contribution is 7.99. The largest absolute Gasteiger partial charge is 0.325 e. The van der Waals surface area contributed by atoms with E-state index in [-0.39, 0.29) is 16.9 Å². The minimum atomic E-state index is -0.200. The average molecular weight is 403 g/mol. The van der Waals surface area contributed by atoms with E-state index in [9.17, 15) is 9.59 Å². The molecule has 1 N–H and O–H groups in total. The van der Waals surface area contributed by atoms with Crippen LogP contribution in [-0.2, 0) is 10.5 Å². The Hall–Kier alpha value is -1.96. The monoisotopic (exact) mass is 402 g/mol. The molecule has 0 aliphatic carbocycles. The summed E-state index contributed by atoms with van der Waals surface area (Å²) < 4.78 is 0. The molecule has 0 radical (unpaired) electrons. The molecule has 2 aromatic heterocycles. The highest BCUT2D eigenvalue weighted by Gasteiger charge is 2.15. The molecule has 1 atom stereocenters. The van der Waals surface area contributed by atoms with Crippen molar-refractivity contribution in [1.29, 1.82) is 0 Å². The zero-order chi connectivity index (χ0) is 18.5. The fraction of sp³-hybridized carbons (Fsp3) is 0.211. The van der Waals surface area contributed by atoms with Crippen molar-refractivity contribution in [2.24, 2.45) is 0 Å². The molecule has 0 unspecified atom stereocenters. The molecule has 134 valence electrons. The molecule has 0 saturated heterocycles. The Morgan fingerprint density at radius 2 is 1.96 bits per heavy atom. The van der Waals surface area contributed by atoms with E-state index >= 15 is 0 Å². The van der Waals surface area contributed by atoms with Crippen LogP contribution in [0.15, 0.2) is 46.5 Å². The maximum absolute atomic E-state index is 12.3. The van der Waals surface area contributed by atoms with E-state index in [1.54, 1.807) is 58.7 Å². The summed E-state index contributed by atoms with van der Waals surface area (Å²) >= 11 is 4.84. The van der Waals surface area contributed by atoms with Crippen molar-refractivity contribution in [3.63, 3.8) is 0 Å². The second-order valence-corrected chi connectivity index (χ2v) is 8.70. The van der Waals surface area contributed by atoms with Crippen molar-refractivity contribution in [2.45, 2.75) is 24.9 Å². The third-order valence-electron chi connectivity index (χ3n) is 3.73. The SMILES string of the molecule is CC(=O)c1ccc(NC(=O)[C@@H](C)SCc2csc(-c3ccsc3)n2)cc1. The number of hydrogen-bond acceptors (Lipinski definition) is 6. The van der Waals surface area contributed by atoms with E-state index < -0.39 is 0 Å². The van der Waals surface area contributed by atoms with Gasteiger partial charge in [-0.15, -0.1) is 23.1 Å². The number of amides is 1. The zero-order valence-corrected chi connectivity index (χ0v) is 16.8. The predicted molar refractivity (Wildman–Crippen MR) is 111 cm³/mol. The summed E-state index contributed by atoms with van der Waals surface area (Å²) in [5.74, 6) is 0.647. The fourth-order valence-corrected chi connectivity index (χ4v) is 4.63. The van der Waals surface area contributed by atoms with Gasteiger partial charge in [0, 0.05) is 33.3 Å². The molecule has 0 spiro atoms. The molecule has 7 heteroatoms. The normalized spacial score (nSPS) is 11.9. The molecular weight excluding hydrogens is 384 g/mol. The summed E-state index contributed by atoms with van der Waals surface area (Å²) in [5.41, 5.74) is 3.47. The molecule has 2 heterocycles. The van der Waals surface area contributed by atoms with E-state index in [2.05, 4.69) is 21.7 Å². The first-order chi connectivity index (χ1) is 12.5. The van der Waals surface area contributed by atoms with Gasteiger partial charge in [0.15, 0.2) is 5.78 Å². The molecule has 1 aromatic carbocycles. The number of carbonyl (C=O) groups excluding carboxylic acids is 2. The van der Waals surface area contributed by atoms with Crippen LogP contribution in [0, 0.1) is 0 Å². The average Bonchev–Trinajstić information content (AvgIpc) is 3.31. The van der Waals surface area contributed by atoms with Crippen molar-refractivity contribution in [1.82, 2.24) is 4.98 Å². The van der Waals surface area contributed by atoms with Crippen LogP contribution < -0.4 is 5.32 Å². The van der Waals surface area contributed by atoms with Crippen molar-refractivity contribution in [3.8, 4) is 10.6 Å². The van der Waals surface area contributed by atoms with Crippen molar-refractivity contribution < 1.29 is 9.59 Å². The molecule has 1 amide bonds. The highest BCUT2D eigenvalue weighted by atomic mass is 32.2. The van der Waals surface area contributed by atoms with Crippen LogP contribution in [0.25, 0.3) is 10.6 Å². The van der Waals surface area contributed by atoms with E-state index in [0.29, 0.717) is 17.0 Å². The van der Waals surface area contributed by atoms with Gasteiger partial charge in [-0.2, -0.15) is 11.3 Å². The third-order valence-corrected chi connectivity index (χ3v) is 6.53. The first-order valence-corrected chi connectivity index (χ1v) is 10.9. The number of aromatic nitrogens is 1. The van der Waals surface area contributed by atoms with E-state index in [4.69, 9.17) is 0 Å². The zero-order valence-electron chi connectivity index (χ0n) is 14.4. The maximum atomic E-state index is 12.3. The van der Waals surface area contributed by atoms with E-state index in [0.717, 1.165) is 16.3 Å². The second kappa shape index (κ2) is 8.62. The third kappa shape index (κ3) is 4.81. The van der Waals surface area contributed by atoms with Crippen LogP contribution in [0.5, 0.6) is 0 Å². The lowest BCUT2D eigenvalue weighted by Gasteiger charge is -2.11. The van der Waals surface area contributed by atoms with Crippen LogP contribution >= 0.6 is 34.4 Å². The first kappa shape index (κ1) is 18.8. The van der Waals surface area contributed by atoms with Gasteiger partial charge in [0.05, 0.1) is 10.9 Å². The molecule has 3 aromatic rings. The summed E-state index contributed by atoms with van der Waals surface area (Å²) in [5, 5.41) is 9.88. The standard InChI is InChI=1S/C19H18N2O2S3/c1-12(22)14-3-5-16(6-4-14)20-18(23)13(2)25-10-17-11-26-19(21-17)15-7-8-24-9-15/h3-9,11,13H,10H2,1-2H3,(H,20,23)/t13-/m1/s1. The molecule has 4 nitrogen and oxygen atoms in total. The Morgan fingerprint density at radius 1 is 1.19 bits per heavy atom. The number of anilines is 1. The van der Waals surface area contributed by atoms with Crippen LogP contribution in [0.4, 0.5) is 5.69 Å². The highest BCUT2D eigenvalue weighted by Crippen LogP contribution is 2.28. The van der Waals surface area contributed by atoms with Crippen LogP contribution in [0.3, 0.4) is 0 Å². The Bertz CT molecular complexity index is 886. The summed E-state index contributed by atoms with van der Waals surface area (Å²) in [7, 11) is 0. The number of thiazole rings is 1. The number of benzene rings is 1. The first-order valence-electron chi connectivity index (χ1n) is 8.03. The number of ketones is 1. The van der Waals surface area contributed by atoms with Gasteiger partial charge in [0.25, 0.3) is 0 Å². The van der Waals surface area contributed by atoms with Crippen molar-refractivity contribution >= 4 is 51.8 Å². The van der Waals surface area contributed by atoms with E-state index in [1.807, 2.05) is 17.7 Å². The van der Waals surface area contributed by atoms with Crippen molar-refractivity contribution in [3.05, 3.63) is 57.7 Å². The molecule has 3 rings (SSSR count). The van der Waals surface area contributed by atoms with Gasteiger partial charge in [-0.1, -0.05) is 0 Å². The smallest absolute Gasteiger partial charge is 0.237 e. The summed E-state index contributed by atoms with van der Waals surface area (Å²) in [6.45, 7) is 3.41. The lowest BCUT2D eigenvalue weighted by atomic mass is 10.1. The number of thiophene rings is 1. The van der Waals surface area contributed by atoms with Gasteiger partial charge in [-0.25, -0.2) is 4.98 Å². The molecular formula is C19H18N2O2S3. The second-order valence-electron chi connectivity index (χ2n) is 5.73. The molecule has 0 aliphatic rings. The Kier molecular flexibility index (Phi) is 6.24. The predicted octanol–water partition coefficient (Wildman–Crippen LogP) is 5.33. The van der Waals surface area contributed by atoms with Crippen LogP contribution in [0.2, 0.25) is 0 Å². The molecule has 26 heavy (non-hydrogen) atoms. The Labute approximate surface area is 164 Å².